The molecule has 1 atom stereocenters. The molecule has 3 rings (SSSR count). The van der Waals surface area contributed by atoms with E-state index in [2.05, 4.69) is 20.4 Å². The van der Waals surface area contributed by atoms with E-state index >= 15 is 0 Å². The van der Waals surface area contributed by atoms with Crippen molar-refractivity contribution in [2.24, 2.45) is 0 Å². The molecule has 2 heterocycles. The fourth-order valence-corrected chi connectivity index (χ4v) is 1.92. The minimum Gasteiger partial charge on any atom is -0.478 e. The maximum Gasteiger partial charge on any atom is 0.265 e. The lowest BCUT2D eigenvalue weighted by Crippen LogP contribution is -2.30. The molecule has 1 aromatic carbocycles. The molecular weight excluding hydrogens is 313 g/mol. The SMILES string of the molecule is CC(Oc1ccccc1F)C(=O)Nc1cnc(-n2cccn2)nc1. The predicted molar refractivity (Wildman–Crippen MR) is 84.3 cm³/mol. The number of para-hydroxylation sites is 1. The predicted octanol–water partition coefficient (Wildman–Crippen LogP) is 2.21. The Morgan fingerprint density at radius 2 is 2.00 bits per heavy atom. The third kappa shape index (κ3) is 3.54. The quantitative estimate of drug-likeness (QED) is 0.777. The zero-order valence-corrected chi connectivity index (χ0v) is 12.8. The Labute approximate surface area is 137 Å². The largest absolute Gasteiger partial charge is 0.478 e. The fourth-order valence-electron chi connectivity index (χ4n) is 1.92. The van der Waals surface area contributed by atoms with Gasteiger partial charge in [0.05, 0.1) is 18.1 Å². The van der Waals surface area contributed by atoms with Gasteiger partial charge in [0.15, 0.2) is 17.7 Å². The zero-order valence-electron chi connectivity index (χ0n) is 12.8. The Bertz CT molecular complexity index is 821. The van der Waals surface area contributed by atoms with Crippen molar-refractivity contribution in [1.29, 1.82) is 0 Å². The van der Waals surface area contributed by atoms with Gasteiger partial charge in [-0.2, -0.15) is 5.10 Å². The summed E-state index contributed by atoms with van der Waals surface area (Å²) in [6, 6.07) is 7.65. The number of anilines is 1. The molecule has 8 heteroatoms. The fraction of sp³-hybridized carbons (Fsp3) is 0.125. The van der Waals surface area contributed by atoms with E-state index in [9.17, 15) is 9.18 Å². The van der Waals surface area contributed by atoms with Gasteiger partial charge in [-0.25, -0.2) is 19.0 Å². The number of carbonyl (C=O) groups excluding carboxylic acids is 1. The normalized spacial score (nSPS) is 11.8. The van der Waals surface area contributed by atoms with Crippen molar-refractivity contribution in [2.45, 2.75) is 13.0 Å². The highest BCUT2D eigenvalue weighted by molar-refractivity contribution is 5.93. The summed E-state index contributed by atoms with van der Waals surface area (Å²) in [6.07, 6.45) is 5.35. The summed E-state index contributed by atoms with van der Waals surface area (Å²) in [6.45, 7) is 1.53. The molecule has 0 saturated heterocycles. The van der Waals surface area contributed by atoms with E-state index in [1.54, 1.807) is 30.6 Å². The minimum absolute atomic E-state index is 0.0189. The first-order chi connectivity index (χ1) is 11.6. The van der Waals surface area contributed by atoms with Gasteiger partial charge in [0.1, 0.15) is 0 Å². The Balaban J connectivity index is 1.63. The molecule has 0 fully saturated rings. The Morgan fingerprint density at radius 3 is 2.67 bits per heavy atom. The third-order valence-electron chi connectivity index (χ3n) is 3.12. The van der Waals surface area contributed by atoms with Crippen molar-refractivity contribution < 1.29 is 13.9 Å². The second kappa shape index (κ2) is 6.86. The number of nitrogens with zero attached hydrogens (tertiary/aromatic N) is 4. The summed E-state index contributed by atoms with van der Waals surface area (Å²) >= 11 is 0. The molecule has 24 heavy (non-hydrogen) atoms. The smallest absolute Gasteiger partial charge is 0.265 e. The topological polar surface area (TPSA) is 81.9 Å². The van der Waals surface area contributed by atoms with Crippen LogP contribution < -0.4 is 10.1 Å². The highest BCUT2D eigenvalue weighted by Crippen LogP contribution is 2.17. The minimum atomic E-state index is -0.882. The molecule has 122 valence electrons. The Kier molecular flexibility index (Phi) is 4.46. The molecule has 0 bridgehead atoms. The van der Waals surface area contributed by atoms with Crippen molar-refractivity contribution >= 4 is 11.6 Å². The lowest BCUT2D eigenvalue weighted by atomic mass is 10.3. The molecule has 7 nitrogen and oxygen atoms in total. The van der Waals surface area contributed by atoms with E-state index in [1.165, 1.54) is 36.1 Å². The number of carbonyl (C=O) groups is 1. The van der Waals surface area contributed by atoms with Crippen LogP contribution in [0.25, 0.3) is 5.95 Å². The number of halogens is 1. The van der Waals surface area contributed by atoms with Crippen molar-refractivity contribution in [3.63, 3.8) is 0 Å². The molecule has 0 aliphatic rings. The average molecular weight is 327 g/mol. The number of hydrogen-bond acceptors (Lipinski definition) is 5. The molecule has 0 spiro atoms. The van der Waals surface area contributed by atoms with Crippen LogP contribution in [0.5, 0.6) is 5.75 Å². The summed E-state index contributed by atoms with van der Waals surface area (Å²) < 4.78 is 20.3. The molecule has 2 aromatic heterocycles. The van der Waals surface area contributed by atoms with Crippen LogP contribution in [0.3, 0.4) is 0 Å². The molecule has 0 aliphatic heterocycles. The molecule has 1 amide bonds. The van der Waals surface area contributed by atoms with Crippen LogP contribution in [0, 0.1) is 5.82 Å². The standard InChI is InChI=1S/C16H14FN5O2/c1-11(24-14-6-3-2-5-13(14)17)15(23)21-12-9-18-16(19-10-12)22-8-4-7-20-22/h2-11H,1H3,(H,21,23). The number of benzene rings is 1. The number of hydrogen-bond donors (Lipinski definition) is 1. The zero-order chi connectivity index (χ0) is 16.9. The van der Waals surface area contributed by atoms with Crippen molar-refractivity contribution in [3.8, 4) is 11.7 Å². The van der Waals surface area contributed by atoms with Gasteiger partial charge in [0.25, 0.3) is 11.9 Å². The Hall–Kier alpha value is -3.29. The van der Waals surface area contributed by atoms with Gasteiger partial charge >= 0.3 is 0 Å². The van der Waals surface area contributed by atoms with Gasteiger partial charge < -0.3 is 10.1 Å². The lowest BCUT2D eigenvalue weighted by Gasteiger charge is -2.15. The third-order valence-corrected chi connectivity index (χ3v) is 3.12. The van der Waals surface area contributed by atoms with E-state index in [0.29, 0.717) is 11.6 Å². The van der Waals surface area contributed by atoms with Gasteiger partial charge in [-0.3, -0.25) is 4.79 Å². The molecule has 1 N–H and O–H groups in total. The summed E-state index contributed by atoms with van der Waals surface area (Å²) in [4.78, 5) is 20.3. The van der Waals surface area contributed by atoms with Gasteiger partial charge in [-0.15, -0.1) is 0 Å². The van der Waals surface area contributed by atoms with Gasteiger partial charge in [0.2, 0.25) is 0 Å². The molecule has 0 saturated carbocycles. The van der Waals surface area contributed by atoms with Crippen LogP contribution in [0.15, 0.2) is 55.1 Å². The van der Waals surface area contributed by atoms with E-state index in [-0.39, 0.29) is 5.75 Å². The van der Waals surface area contributed by atoms with E-state index in [1.807, 2.05) is 0 Å². The van der Waals surface area contributed by atoms with Crippen LogP contribution >= 0.6 is 0 Å². The lowest BCUT2D eigenvalue weighted by molar-refractivity contribution is -0.122. The first-order valence-corrected chi connectivity index (χ1v) is 7.17. The van der Waals surface area contributed by atoms with Crippen LogP contribution in [0.1, 0.15) is 6.92 Å². The number of rotatable bonds is 5. The first-order valence-electron chi connectivity index (χ1n) is 7.17. The van der Waals surface area contributed by atoms with Crippen LogP contribution in [-0.4, -0.2) is 31.8 Å². The summed E-state index contributed by atoms with van der Waals surface area (Å²) in [5, 5.41) is 6.62. The van der Waals surface area contributed by atoms with Crippen LogP contribution in [0.2, 0.25) is 0 Å². The number of ether oxygens (including phenoxy) is 1. The number of amides is 1. The molecule has 0 aliphatic carbocycles. The maximum atomic E-state index is 13.5. The highest BCUT2D eigenvalue weighted by atomic mass is 19.1. The average Bonchev–Trinajstić information content (AvgIpc) is 3.12. The Morgan fingerprint density at radius 1 is 1.25 bits per heavy atom. The molecule has 3 aromatic rings. The first kappa shape index (κ1) is 15.6. The highest BCUT2D eigenvalue weighted by Gasteiger charge is 2.17. The van der Waals surface area contributed by atoms with Gasteiger partial charge in [-0.05, 0) is 25.1 Å². The van der Waals surface area contributed by atoms with Crippen molar-refractivity contribution in [1.82, 2.24) is 19.7 Å². The maximum absolute atomic E-state index is 13.5. The molecule has 1 unspecified atom stereocenters. The summed E-state index contributed by atoms with van der Waals surface area (Å²) in [7, 11) is 0. The van der Waals surface area contributed by atoms with Crippen molar-refractivity contribution in [3.05, 3.63) is 60.9 Å². The second-order valence-electron chi connectivity index (χ2n) is 4.90. The number of aromatic nitrogens is 4. The van der Waals surface area contributed by atoms with Crippen LogP contribution in [-0.2, 0) is 4.79 Å². The second-order valence-corrected chi connectivity index (χ2v) is 4.90. The van der Waals surface area contributed by atoms with Gasteiger partial charge in [0, 0.05) is 12.4 Å². The summed E-state index contributed by atoms with van der Waals surface area (Å²) in [5.41, 5.74) is 0.403. The monoisotopic (exact) mass is 327 g/mol. The summed E-state index contributed by atoms with van der Waals surface area (Å²) in [5.74, 6) is -0.558. The van der Waals surface area contributed by atoms with Crippen molar-refractivity contribution in [2.75, 3.05) is 5.32 Å². The molecule has 0 radical (unpaired) electrons. The van der Waals surface area contributed by atoms with E-state index in [4.69, 9.17) is 4.74 Å². The van der Waals surface area contributed by atoms with E-state index in [0.717, 1.165) is 0 Å². The molecular formula is C16H14FN5O2. The van der Waals surface area contributed by atoms with Crippen LogP contribution in [0.4, 0.5) is 10.1 Å². The number of nitrogens with one attached hydrogen (secondary N) is 1. The van der Waals surface area contributed by atoms with Gasteiger partial charge in [-0.1, -0.05) is 12.1 Å². The van der Waals surface area contributed by atoms with E-state index < -0.39 is 17.8 Å².